The molecule has 0 radical (unpaired) electrons. The Morgan fingerprint density at radius 3 is 1.59 bits per heavy atom. The number of rotatable bonds is 23. The van der Waals surface area contributed by atoms with Crippen LogP contribution in [-0.4, -0.2) is 0 Å². The standard InChI is InChI=1S/C34H70/c1-11-15-19-22-28(7)25-34(31(10)27(5)6)33(26-32(13-3)14-4)24-21-18-16-17-20-23-30(9)29(8)12-2/h27-34H,11-26H2,1-10H3. The first-order chi connectivity index (χ1) is 16.2. The van der Waals surface area contributed by atoms with E-state index in [1.54, 1.807) is 0 Å². The first-order valence-electron chi connectivity index (χ1n) is 16.2. The molecule has 0 saturated carbocycles. The maximum absolute atomic E-state index is 2.59. The van der Waals surface area contributed by atoms with Gasteiger partial charge in [0, 0.05) is 0 Å². The lowest BCUT2D eigenvalue weighted by Gasteiger charge is -2.38. The lowest BCUT2D eigenvalue weighted by atomic mass is 9.68. The molecule has 0 saturated heterocycles. The molecule has 0 nitrogen and oxygen atoms in total. The van der Waals surface area contributed by atoms with Crippen molar-refractivity contribution in [1.82, 2.24) is 0 Å². The summed E-state index contributed by atoms with van der Waals surface area (Å²) in [7, 11) is 0. The second-order valence-electron chi connectivity index (χ2n) is 13.0. The van der Waals surface area contributed by atoms with E-state index in [0.717, 1.165) is 47.3 Å². The number of hydrogen-bond acceptors (Lipinski definition) is 0. The second-order valence-corrected chi connectivity index (χ2v) is 13.0. The van der Waals surface area contributed by atoms with Crippen molar-refractivity contribution in [3.05, 3.63) is 0 Å². The van der Waals surface area contributed by atoms with Gasteiger partial charge in [-0.3, -0.25) is 0 Å². The highest BCUT2D eigenvalue weighted by Gasteiger charge is 2.30. The maximum atomic E-state index is 2.59. The van der Waals surface area contributed by atoms with Crippen LogP contribution in [0.5, 0.6) is 0 Å². The predicted molar refractivity (Wildman–Crippen MR) is 159 cm³/mol. The molecule has 0 N–H and O–H groups in total. The lowest BCUT2D eigenvalue weighted by Crippen LogP contribution is -2.29. The van der Waals surface area contributed by atoms with E-state index in [1.165, 1.54) is 103 Å². The van der Waals surface area contributed by atoms with Crippen molar-refractivity contribution in [2.24, 2.45) is 47.3 Å². The summed E-state index contributed by atoms with van der Waals surface area (Å²) in [5, 5.41) is 0. The van der Waals surface area contributed by atoms with Crippen LogP contribution >= 0.6 is 0 Å². The quantitative estimate of drug-likeness (QED) is 0.128. The third kappa shape index (κ3) is 15.2. The molecule has 0 heteroatoms. The Hall–Kier alpha value is 0. The van der Waals surface area contributed by atoms with Crippen LogP contribution in [0.1, 0.15) is 172 Å². The summed E-state index contributed by atoms with van der Waals surface area (Å²) in [5.41, 5.74) is 0. The van der Waals surface area contributed by atoms with E-state index < -0.39 is 0 Å². The summed E-state index contributed by atoms with van der Waals surface area (Å²) in [6, 6.07) is 0. The Kier molecular flexibility index (Phi) is 21.1. The van der Waals surface area contributed by atoms with Gasteiger partial charge in [0.1, 0.15) is 0 Å². The minimum atomic E-state index is 0.810. The van der Waals surface area contributed by atoms with Crippen molar-refractivity contribution in [2.45, 2.75) is 172 Å². The predicted octanol–water partition coefficient (Wildman–Crippen LogP) is 12.4. The van der Waals surface area contributed by atoms with Crippen LogP contribution in [0.4, 0.5) is 0 Å². The van der Waals surface area contributed by atoms with Gasteiger partial charge >= 0.3 is 0 Å². The zero-order valence-corrected chi connectivity index (χ0v) is 25.9. The van der Waals surface area contributed by atoms with Gasteiger partial charge in [0.05, 0.1) is 0 Å². The normalized spacial score (nSPS) is 17.6. The minimum absolute atomic E-state index is 0.810. The smallest absolute Gasteiger partial charge is 0.0355 e. The average molecular weight is 479 g/mol. The van der Waals surface area contributed by atoms with Gasteiger partial charge in [-0.1, -0.05) is 159 Å². The molecule has 34 heavy (non-hydrogen) atoms. The fourth-order valence-electron chi connectivity index (χ4n) is 6.30. The van der Waals surface area contributed by atoms with E-state index in [-0.39, 0.29) is 0 Å². The molecule has 0 bridgehead atoms. The Morgan fingerprint density at radius 1 is 0.500 bits per heavy atom. The molecule has 0 aromatic rings. The summed E-state index contributed by atoms with van der Waals surface area (Å²) in [6.07, 6.45) is 22.9. The van der Waals surface area contributed by atoms with Crippen LogP contribution in [-0.2, 0) is 0 Å². The van der Waals surface area contributed by atoms with E-state index in [1.807, 2.05) is 0 Å². The monoisotopic (exact) mass is 479 g/mol. The summed E-state index contributed by atoms with van der Waals surface area (Å²) < 4.78 is 0. The van der Waals surface area contributed by atoms with Crippen molar-refractivity contribution < 1.29 is 0 Å². The number of hydrogen-bond donors (Lipinski definition) is 0. The zero-order chi connectivity index (χ0) is 25.9. The van der Waals surface area contributed by atoms with Crippen LogP contribution in [0, 0.1) is 47.3 Å². The van der Waals surface area contributed by atoms with Crippen molar-refractivity contribution in [1.29, 1.82) is 0 Å². The van der Waals surface area contributed by atoms with E-state index in [0.29, 0.717) is 0 Å². The van der Waals surface area contributed by atoms with Gasteiger partial charge in [-0.05, 0) is 60.2 Å². The number of unbranched alkanes of at least 4 members (excludes halogenated alkanes) is 6. The summed E-state index contributed by atoms with van der Waals surface area (Å²) in [6.45, 7) is 24.6. The summed E-state index contributed by atoms with van der Waals surface area (Å²) in [5.74, 6) is 7.18. The van der Waals surface area contributed by atoms with Gasteiger partial charge in [-0.25, -0.2) is 0 Å². The zero-order valence-electron chi connectivity index (χ0n) is 25.9. The highest BCUT2D eigenvalue weighted by Crippen LogP contribution is 2.40. The molecule has 206 valence electrons. The van der Waals surface area contributed by atoms with Crippen molar-refractivity contribution in [3.8, 4) is 0 Å². The van der Waals surface area contributed by atoms with Crippen LogP contribution in [0.15, 0.2) is 0 Å². The highest BCUT2D eigenvalue weighted by atomic mass is 14.4. The van der Waals surface area contributed by atoms with Gasteiger partial charge in [0.2, 0.25) is 0 Å². The topological polar surface area (TPSA) is 0 Å². The van der Waals surface area contributed by atoms with Crippen molar-refractivity contribution in [3.63, 3.8) is 0 Å². The maximum Gasteiger partial charge on any atom is -0.0355 e. The summed E-state index contributed by atoms with van der Waals surface area (Å²) >= 11 is 0. The molecule has 0 amide bonds. The van der Waals surface area contributed by atoms with Crippen LogP contribution < -0.4 is 0 Å². The average Bonchev–Trinajstić information content (AvgIpc) is 2.82. The molecule has 6 unspecified atom stereocenters. The largest absolute Gasteiger partial charge is 0.0654 e. The minimum Gasteiger partial charge on any atom is -0.0654 e. The highest BCUT2D eigenvalue weighted by molar-refractivity contribution is 4.81. The van der Waals surface area contributed by atoms with Crippen molar-refractivity contribution >= 4 is 0 Å². The van der Waals surface area contributed by atoms with Gasteiger partial charge in [0.25, 0.3) is 0 Å². The van der Waals surface area contributed by atoms with E-state index >= 15 is 0 Å². The van der Waals surface area contributed by atoms with Gasteiger partial charge < -0.3 is 0 Å². The van der Waals surface area contributed by atoms with Crippen molar-refractivity contribution in [2.75, 3.05) is 0 Å². The van der Waals surface area contributed by atoms with Crippen LogP contribution in [0.25, 0.3) is 0 Å². The Morgan fingerprint density at radius 2 is 1.06 bits per heavy atom. The SMILES string of the molecule is CCCCCC(C)CC(C(CCCCCCCC(C)C(C)CC)CC(CC)CC)C(C)C(C)C. The second kappa shape index (κ2) is 21.1. The van der Waals surface area contributed by atoms with E-state index in [4.69, 9.17) is 0 Å². The third-order valence-corrected chi connectivity index (χ3v) is 9.95. The van der Waals surface area contributed by atoms with Crippen LogP contribution in [0.2, 0.25) is 0 Å². The molecule has 0 spiro atoms. The molecular formula is C34H70. The van der Waals surface area contributed by atoms with E-state index in [2.05, 4.69) is 69.2 Å². The molecule has 0 aromatic carbocycles. The first kappa shape index (κ1) is 34.0. The Labute approximate surface area is 219 Å². The Bertz CT molecular complexity index is 420. The molecule has 0 aliphatic heterocycles. The molecule has 0 rings (SSSR count). The molecule has 0 aliphatic carbocycles. The Balaban J connectivity index is 4.92. The van der Waals surface area contributed by atoms with Gasteiger partial charge in [0.15, 0.2) is 0 Å². The molecule has 0 fully saturated rings. The first-order valence-corrected chi connectivity index (χ1v) is 16.2. The van der Waals surface area contributed by atoms with Gasteiger partial charge in [-0.2, -0.15) is 0 Å². The molecule has 0 aromatic heterocycles. The third-order valence-electron chi connectivity index (χ3n) is 9.95. The van der Waals surface area contributed by atoms with E-state index in [9.17, 15) is 0 Å². The molecular weight excluding hydrogens is 408 g/mol. The fourth-order valence-corrected chi connectivity index (χ4v) is 6.30. The lowest BCUT2D eigenvalue weighted by molar-refractivity contribution is 0.124. The molecule has 0 aliphatic rings. The van der Waals surface area contributed by atoms with Crippen LogP contribution in [0.3, 0.4) is 0 Å². The molecule has 6 atom stereocenters. The fraction of sp³-hybridized carbons (Fsp3) is 1.00. The molecule has 0 heterocycles. The van der Waals surface area contributed by atoms with Gasteiger partial charge in [-0.15, -0.1) is 0 Å². The summed E-state index contributed by atoms with van der Waals surface area (Å²) in [4.78, 5) is 0.